The van der Waals surface area contributed by atoms with E-state index in [1.54, 1.807) is 7.05 Å². The Hall–Kier alpha value is -2.22. The molecule has 0 unspecified atom stereocenters. The molecular formula is C12H10BrFN4O2. The Bertz CT molecular complexity index is 666. The third-order valence-electron chi connectivity index (χ3n) is 2.47. The summed E-state index contributed by atoms with van der Waals surface area (Å²) in [5.74, 6) is 0.267. The van der Waals surface area contributed by atoms with Crippen LogP contribution in [0.15, 0.2) is 34.8 Å². The first-order valence-electron chi connectivity index (χ1n) is 5.56. The van der Waals surface area contributed by atoms with Gasteiger partial charge in [-0.05, 0) is 34.1 Å². The van der Waals surface area contributed by atoms with Crippen LogP contribution in [-0.2, 0) is 0 Å². The number of anilines is 3. The molecule has 0 saturated carbocycles. The Morgan fingerprint density at radius 2 is 2.00 bits per heavy atom. The van der Waals surface area contributed by atoms with Crippen molar-refractivity contribution in [3.8, 4) is 0 Å². The lowest BCUT2D eigenvalue weighted by atomic mass is 10.3. The van der Waals surface area contributed by atoms with E-state index in [4.69, 9.17) is 0 Å². The fourth-order valence-corrected chi connectivity index (χ4v) is 1.91. The second-order valence-electron chi connectivity index (χ2n) is 3.86. The van der Waals surface area contributed by atoms with Crippen molar-refractivity contribution in [2.24, 2.45) is 0 Å². The molecule has 0 spiro atoms. The molecule has 2 N–H and O–H groups in total. The summed E-state index contributed by atoms with van der Waals surface area (Å²) in [6.45, 7) is 0. The van der Waals surface area contributed by atoms with Gasteiger partial charge in [-0.25, -0.2) is 9.37 Å². The van der Waals surface area contributed by atoms with Crippen molar-refractivity contribution in [1.29, 1.82) is 0 Å². The molecule has 0 atom stereocenters. The van der Waals surface area contributed by atoms with Gasteiger partial charge < -0.3 is 10.6 Å². The summed E-state index contributed by atoms with van der Waals surface area (Å²) in [5.41, 5.74) is 0.473. The summed E-state index contributed by atoms with van der Waals surface area (Å²) >= 11 is 3.07. The average Bonchev–Trinajstić information content (AvgIpc) is 2.42. The molecule has 6 nitrogen and oxygen atoms in total. The van der Waals surface area contributed by atoms with Crippen LogP contribution in [0.4, 0.5) is 27.4 Å². The topological polar surface area (TPSA) is 80.1 Å². The van der Waals surface area contributed by atoms with Crippen molar-refractivity contribution in [3.05, 3.63) is 50.7 Å². The maximum atomic E-state index is 13.1. The Labute approximate surface area is 122 Å². The van der Waals surface area contributed by atoms with E-state index in [9.17, 15) is 14.5 Å². The lowest BCUT2D eigenvalue weighted by Crippen LogP contribution is -2.00. The van der Waals surface area contributed by atoms with Gasteiger partial charge in [0, 0.05) is 12.7 Å². The van der Waals surface area contributed by atoms with Crippen LogP contribution < -0.4 is 10.6 Å². The molecule has 0 saturated heterocycles. The van der Waals surface area contributed by atoms with Gasteiger partial charge in [-0.15, -0.1) is 0 Å². The van der Waals surface area contributed by atoms with E-state index < -0.39 is 10.7 Å². The number of halogens is 2. The molecule has 0 bridgehead atoms. The molecular weight excluding hydrogens is 331 g/mol. The lowest BCUT2D eigenvalue weighted by Gasteiger charge is -2.08. The molecule has 8 heteroatoms. The maximum absolute atomic E-state index is 13.1. The maximum Gasteiger partial charge on any atom is 0.276 e. The number of nitrogens with one attached hydrogen (secondary N) is 2. The summed E-state index contributed by atoms with van der Waals surface area (Å²) < 4.78 is 13.4. The van der Waals surface area contributed by atoms with E-state index in [1.165, 1.54) is 30.3 Å². The zero-order valence-corrected chi connectivity index (χ0v) is 11.9. The van der Waals surface area contributed by atoms with E-state index in [0.717, 1.165) is 0 Å². The van der Waals surface area contributed by atoms with Crippen LogP contribution in [0, 0.1) is 15.9 Å². The fourth-order valence-electron chi connectivity index (χ4n) is 1.54. The number of pyridine rings is 1. The predicted molar refractivity (Wildman–Crippen MR) is 77.8 cm³/mol. The number of hydrogen-bond donors (Lipinski definition) is 2. The summed E-state index contributed by atoms with van der Waals surface area (Å²) in [5, 5.41) is 16.5. The standard InChI is InChI=1S/C12H10BrFN4O2/c1-15-11-5-8(18(19)20)6-12(17-11)16-7-2-3-10(14)9(13)4-7/h2-6H,1H3,(H2,15,16,17). The van der Waals surface area contributed by atoms with Gasteiger partial charge in [0.15, 0.2) is 0 Å². The second-order valence-corrected chi connectivity index (χ2v) is 4.71. The molecule has 20 heavy (non-hydrogen) atoms. The van der Waals surface area contributed by atoms with E-state index in [-0.39, 0.29) is 5.69 Å². The van der Waals surface area contributed by atoms with Crippen LogP contribution in [-0.4, -0.2) is 17.0 Å². The monoisotopic (exact) mass is 340 g/mol. The van der Waals surface area contributed by atoms with Crippen LogP contribution in [0.25, 0.3) is 0 Å². The zero-order chi connectivity index (χ0) is 14.7. The third kappa shape index (κ3) is 3.21. The molecule has 2 rings (SSSR count). The highest BCUT2D eigenvalue weighted by Crippen LogP contribution is 2.25. The Morgan fingerprint density at radius 3 is 2.60 bits per heavy atom. The fraction of sp³-hybridized carbons (Fsp3) is 0.0833. The van der Waals surface area contributed by atoms with Crippen molar-refractivity contribution >= 4 is 38.9 Å². The summed E-state index contributed by atoms with van der Waals surface area (Å²) in [6.07, 6.45) is 0. The number of hydrogen-bond acceptors (Lipinski definition) is 5. The van der Waals surface area contributed by atoms with Crippen molar-refractivity contribution in [2.75, 3.05) is 17.7 Å². The normalized spacial score (nSPS) is 10.2. The van der Waals surface area contributed by atoms with Gasteiger partial charge in [0.25, 0.3) is 5.69 Å². The molecule has 1 aromatic carbocycles. The quantitative estimate of drug-likeness (QED) is 0.655. The van der Waals surface area contributed by atoms with Gasteiger partial charge >= 0.3 is 0 Å². The van der Waals surface area contributed by atoms with Crippen LogP contribution in [0.2, 0.25) is 0 Å². The average molecular weight is 341 g/mol. The highest BCUT2D eigenvalue weighted by atomic mass is 79.9. The number of nitrogens with zero attached hydrogens (tertiary/aromatic N) is 2. The van der Waals surface area contributed by atoms with Gasteiger partial charge in [0.2, 0.25) is 0 Å². The van der Waals surface area contributed by atoms with Gasteiger partial charge in [-0.3, -0.25) is 10.1 Å². The highest BCUT2D eigenvalue weighted by molar-refractivity contribution is 9.10. The predicted octanol–water partition coefficient (Wildman–Crippen LogP) is 3.68. The van der Waals surface area contributed by atoms with Crippen molar-refractivity contribution in [2.45, 2.75) is 0 Å². The minimum absolute atomic E-state index is 0.0898. The van der Waals surface area contributed by atoms with E-state index in [1.807, 2.05) is 0 Å². The molecule has 0 aliphatic heterocycles. The van der Waals surface area contributed by atoms with E-state index in [2.05, 4.69) is 31.5 Å². The molecule has 1 heterocycles. The summed E-state index contributed by atoms with van der Waals surface area (Å²) in [6, 6.07) is 6.95. The van der Waals surface area contributed by atoms with Crippen LogP contribution in [0.1, 0.15) is 0 Å². The summed E-state index contributed by atoms with van der Waals surface area (Å²) in [7, 11) is 1.62. The SMILES string of the molecule is CNc1cc([N+](=O)[O-])cc(Nc2ccc(F)c(Br)c2)n1. The summed E-state index contributed by atoms with van der Waals surface area (Å²) in [4.78, 5) is 14.5. The first-order chi connectivity index (χ1) is 9.49. The van der Waals surface area contributed by atoms with Gasteiger partial charge in [-0.2, -0.15) is 0 Å². The van der Waals surface area contributed by atoms with E-state index in [0.29, 0.717) is 21.8 Å². The molecule has 1 aromatic heterocycles. The second kappa shape index (κ2) is 5.83. The first-order valence-corrected chi connectivity index (χ1v) is 6.35. The molecule has 104 valence electrons. The Kier molecular flexibility index (Phi) is 4.14. The van der Waals surface area contributed by atoms with Crippen LogP contribution in [0.5, 0.6) is 0 Å². The molecule has 0 amide bonds. The lowest BCUT2D eigenvalue weighted by molar-refractivity contribution is -0.384. The van der Waals surface area contributed by atoms with Crippen molar-refractivity contribution in [3.63, 3.8) is 0 Å². The number of benzene rings is 1. The van der Waals surface area contributed by atoms with Gasteiger partial charge in [-0.1, -0.05) is 0 Å². The molecule has 2 aromatic rings. The molecule has 0 radical (unpaired) electrons. The number of aromatic nitrogens is 1. The number of nitro groups is 1. The Balaban J connectivity index is 2.34. The van der Waals surface area contributed by atoms with E-state index >= 15 is 0 Å². The zero-order valence-electron chi connectivity index (χ0n) is 10.4. The minimum Gasteiger partial charge on any atom is -0.373 e. The van der Waals surface area contributed by atoms with Crippen LogP contribution in [0.3, 0.4) is 0 Å². The van der Waals surface area contributed by atoms with Crippen molar-refractivity contribution in [1.82, 2.24) is 4.98 Å². The molecule has 0 fully saturated rings. The number of rotatable bonds is 4. The van der Waals surface area contributed by atoms with Crippen LogP contribution >= 0.6 is 15.9 Å². The smallest absolute Gasteiger partial charge is 0.276 e. The largest absolute Gasteiger partial charge is 0.373 e. The van der Waals surface area contributed by atoms with Crippen molar-refractivity contribution < 1.29 is 9.31 Å². The highest BCUT2D eigenvalue weighted by Gasteiger charge is 2.11. The van der Waals surface area contributed by atoms with Gasteiger partial charge in [0.1, 0.15) is 17.5 Å². The molecule has 0 aliphatic carbocycles. The Morgan fingerprint density at radius 1 is 1.30 bits per heavy atom. The first kappa shape index (κ1) is 14.2. The molecule has 0 aliphatic rings. The van der Waals surface area contributed by atoms with Gasteiger partial charge in [0.05, 0.1) is 21.5 Å². The minimum atomic E-state index is -0.506. The third-order valence-corrected chi connectivity index (χ3v) is 3.08.